The summed E-state index contributed by atoms with van der Waals surface area (Å²) in [6, 6.07) is 14.8. The van der Waals surface area contributed by atoms with Crippen molar-refractivity contribution in [2.24, 2.45) is 0 Å². The molecule has 0 saturated carbocycles. The lowest BCUT2D eigenvalue weighted by atomic mass is 9.93. The van der Waals surface area contributed by atoms with Crippen molar-refractivity contribution in [2.45, 2.75) is 6.04 Å². The molecule has 1 amide bonds. The number of hydrogen-bond donors (Lipinski definition) is 2. The zero-order valence-electron chi connectivity index (χ0n) is 18.6. The molecule has 4 rings (SSSR count). The molecule has 0 aromatic heterocycles. The van der Waals surface area contributed by atoms with E-state index in [1.165, 1.54) is 29.2 Å². The molecule has 0 radical (unpaired) electrons. The second-order valence-corrected chi connectivity index (χ2v) is 8.33. The first kappa shape index (κ1) is 22.9. The zero-order valence-corrected chi connectivity index (χ0v) is 18.6. The number of hydrogen-bond acceptors (Lipinski definition) is 7. The fraction of sp³-hybridized carbons (Fsp3) is 0.200. The summed E-state index contributed by atoms with van der Waals surface area (Å²) in [5.74, 6) is -2.50. The quantitative estimate of drug-likeness (QED) is 0.189. The average molecular weight is 461 g/mol. The molecule has 3 aromatic rings. The molecule has 9 heteroatoms. The largest absolute Gasteiger partial charge is 0.507 e. The molecule has 1 saturated heterocycles. The van der Waals surface area contributed by atoms with E-state index < -0.39 is 28.4 Å². The van der Waals surface area contributed by atoms with Crippen LogP contribution in [0.2, 0.25) is 0 Å². The van der Waals surface area contributed by atoms with Crippen LogP contribution in [0.3, 0.4) is 0 Å². The number of carbonyl (C=O) groups excluding carboxylic acids is 2. The summed E-state index contributed by atoms with van der Waals surface area (Å²) in [6.45, 7) is 0.588. The van der Waals surface area contributed by atoms with Gasteiger partial charge in [0.05, 0.1) is 22.1 Å². The van der Waals surface area contributed by atoms with Gasteiger partial charge in [-0.25, -0.2) is 0 Å². The minimum Gasteiger partial charge on any atom is -0.507 e. The lowest BCUT2D eigenvalue weighted by molar-refractivity contribution is -0.384. The van der Waals surface area contributed by atoms with Crippen LogP contribution in [0.25, 0.3) is 16.5 Å². The van der Waals surface area contributed by atoms with Crippen molar-refractivity contribution in [1.29, 1.82) is 0 Å². The Hall–Kier alpha value is -4.24. The van der Waals surface area contributed by atoms with Crippen LogP contribution in [0.5, 0.6) is 5.75 Å². The number of phenolic OH excluding ortho intramolecular Hbond substituents is 1. The first-order valence-corrected chi connectivity index (χ1v) is 10.6. The van der Waals surface area contributed by atoms with Crippen LogP contribution in [0.15, 0.2) is 66.2 Å². The number of nitro groups is 1. The van der Waals surface area contributed by atoms with Gasteiger partial charge >= 0.3 is 0 Å². The third-order valence-corrected chi connectivity index (χ3v) is 5.88. The number of carbonyl (C=O) groups is 2. The molecule has 0 spiro atoms. The van der Waals surface area contributed by atoms with Crippen LogP contribution in [0, 0.1) is 10.1 Å². The van der Waals surface area contributed by atoms with E-state index in [1.54, 1.807) is 36.4 Å². The first-order chi connectivity index (χ1) is 16.2. The summed E-state index contributed by atoms with van der Waals surface area (Å²) in [5.41, 5.74) is -0.118. The summed E-state index contributed by atoms with van der Waals surface area (Å²) in [5, 5.41) is 34.6. The number of benzene rings is 3. The maximum Gasteiger partial charge on any atom is 0.295 e. The monoisotopic (exact) mass is 461 g/mol. The number of nitro benzene ring substituents is 1. The van der Waals surface area contributed by atoms with E-state index in [-0.39, 0.29) is 29.1 Å². The maximum absolute atomic E-state index is 13.1. The Balaban J connectivity index is 1.93. The molecule has 3 aromatic carbocycles. The van der Waals surface area contributed by atoms with Crippen LogP contribution in [0.1, 0.15) is 17.2 Å². The van der Waals surface area contributed by atoms with Crippen molar-refractivity contribution in [3.63, 3.8) is 0 Å². The Morgan fingerprint density at radius 2 is 1.82 bits per heavy atom. The van der Waals surface area contributed by atoms with E-state index >= 15 is 0 Å². The highest BCUT2D eigenvalue weighted by atomic mass is 16.6. The number of likely N-dealkylation sites (tertiary alicyclic amines) is 1. The summed E-state index contributed by atoms with van der Waals surface area (Å²) in [7, 11) is 3.62. The minimum absolute atomic E-state index is 0.000240. The number of aromatic hydroxyl groups is 1. The highest BCUT2D eigenvalue weighted by Crippen LogP contribution is 2.42. The Kier molecular flexibility index (Phi) is 6.04. The van der Waals surface area contributed by atoms with Crippen LogP contribution in [-0.4, -0.2) is 63.8 Å². The van der Waals surface area contributed by atoms with E-state index in [0.717, 1.165) is 5.39 Å². The van der Waals surface area contributed by atoms with Crippen LogP contribution >= 0.6 is 0 Å². The number of non-ortho nitro benzene ring substituents is 1. The Bertz CT molecular complexity index is 1350. The van der Waals surface area contributed by atoms with Crippen molar-refractivity contribution < 1.29 is 24.7 Å². The summed E-state index contributed by atoms with van der Waals surface area (Å²) >= 11 is 0. The van der Waals surface area contributed by atoms with Gasteiger partial charge in [-0.2, -0.15) is 0 Å². The third kappa shape index (κ3) is 3.97. The Morgan fingerprint density at radius 1 is 1.09 bits per heavy atom. The highest BCUT2D eigenvalue weighted by Gasteiger charge is 2.46. The molecule has 0 bridgehead atoms. The number of likely N-dealkylation sites (N-methyl/N-ethyl adjacent to an activating group) is 1. The number of amides is 1. The van der Waals surface area contributed by atoms with Crippen molar-refractivity contribution in [3.8, 4) is 5.75 Å². The second-order valence-electron chi connectivity index (χ2n) is 8.33. The molecule has 2 N–H and O–H groups in total. The van der Waals surface area contributed by atoms with Crippen molar-refractivity contribution in [1.82, 2.24) is 9.80 Å². The van der Waals surface area contributed by atoms with Gasteiger partial charge in [-0.05, 0) is 31.1 Å². The molecule has 1 unspecified atom stereocenters. The second kappa shape index (κ2) is 8.95. The van der Waals surface area contributed by atoms with E-state index in [9.17, 15) is 29.9 Å². The lowest BCUT2D eigenvalue weighted by Crippen LogP contribution is -2.35. The van der Waals surface area contributed by atoms with E-state index in [1.807, 2.05) is 19.0 Å². The predicted octanol–water partition coefficient (Wildman–Crippen LogP) is 3.44. The normalized spacial score (nSPS) is 17.6. The molecular formula is C25H23N3O6. The number of aliphatic hydroxyl groups is 1. The van der Waals surface area contributed by atoms with Crippen molar-refractivity contribution >= 4 is 33.9 Å². The minimum atomic E-state index is -1.05. The number of nitrogens with zero attached hydrogens (tertiary/aromatic N) is 3. The molecule has 1 aliphatic heterocycles. The van der Waals surface area contributed by atoms with Gasteiger partial charge < -0.3 is 20.0 Å². The van der Waals surface area contributed by atoms with Crippen LogP contribution < -0.4 is 0 Å². The van der Waals surface area contributed by atoms with E-state index in [4.69, 9.17) is 0 Å². The number of phenols is 1. The third-order valence-electron chi connectivity index (χ3n) is 5.88. The molecule has 174 valence electrons. The van der Waals surface area contributed by atoms with Gasteiger partial charge in [-0.15, -0.1) is 0 Å². The van der Waals surface area contributed by atoms with Gasteiger partial charge in [0.2, 0.25) is 0 Å². The summed E-state index contributed by atoms with van der Waals surface area (Å²) in [6.07, 6.45) is 0. The average Bonchev–Trinajstić information content (AvgIpc) is 3.07. The molecular weight excluding hydrogens is 438 g/mol. The fourth-order valence-corrected chi connectivity index (χ4v) is 4.16. The molecule has 1 heterocycles. The number of aliphatic hydroxyl groups excluding tert-OH is 1. The molecule has 1 fully saturated rings. The van der Waals surface area contributed by atoms with Crippen molar-refractivity contribution in [3.05, 3.63) is 87.5 Å². The summed E-state index contributed by atoms with van der Waals surface area (Å²) < 4.78 is 0. The number of rotatable bonds is 6. The molecule has 1 aliphatic rings. The van der Waals surface area contributed by atoms with Gasteiger partial charge in [-0.3, -0.25) is 19.7 Å². The Labute approximate surface area is 195 Å². The smallest absolute Gasteiger partial charge is 0.295 e. The lowest BCUT2D eigenvalue weighted by Gasteiger charge is -2.26. The van der Waals surface area contributed by atoms with E-state index in [2.05, 4.69) is 0 Å². The number of ketones is 1. The van der Waals surface area contributed by atoms with Gasteiger partial charge in [0.1, 0.15) is 11.5 Å². The van der Waals surface area contributed by atoms with Gasteiger partial charge in [0.25, 0.3) is 17.4 Å². The number of Topliss-reactive ketones (excluding diaryl/α,β-unsaturated/α-hetero) is 1. The van der Waals surface area contributed by atoms with Gasteiger partial charge in [0.15, 0.2) is 0 Å². The van der Waals surface area contributed by atoms with Crippen LogP contribution in [-0.2, 0) is 9.59 Å². The molecule has 34 heavy (non-hydrogen) atoms. The predicted molar refractivity (Wildman–Crippen MR) is 126 cm³/mol. The Morgan fingerprint density at radius 3 is 2.53 bits per heavy atom. The summed E-state index contributed by atoms with van der Waals surface area (Å²) in [4.78, 5) is 40.0. The van der Waals surface area contributed by atoms with Crippen LogP contribution in [0.4, 0.5) is 5.69 Å². The topological polar surface area (TPSA) is 124 Å². The highest BCUT2D eigenvalue weighted by molar-refractivity contribution is 6.46. The van der Waals surface area contributed by atoms with E-state index in [0.29, 0.717) is 17.5 Å². The van der Waals surface area contributed by atoms with Gasteiger partial charge in [0, 0.05) is 30.6 Å². The SMILES string of the molecule is CN(C)CCN1C(=O)C(=O)C(=C(O)c2ccc3ccccc3c2O)C1c1cccc([N+](=O)[O-])c1. The molecule has 9 nitrogen and oxygen atoms in total. The standard InChI is InChI=1S/C25H23N3O6/c1-26(2)12-13-27-21(16-7-5-8-17(14-16)28(33)34)20(24(31)25(27)32)23(30)19-11-10-15-6-3-4-9-18(15)22(19)29/h3-11,14,21,29-30H,12-13H2,1-2H3. The zero-order chi connectivity index (χ0) is 24.6. The molecule has 1 atom stereocenters. The van der Waals surface area contributed by atoms with Gasteiger partial charge in [-0.1, -0.05) is 42.5 Å². The number of fused-ring (bicyclic) bond motifs is 1. The fourth-order valence-electron chi connectivity index (χ4n) is 4.16. The maximum atomic E-state index is 13.1. The molecule has 0 aliphatic carbocycles. The van der Waals surface area contributed by atoms with Crippen molar-refractivity contribution in [2.75, 3.05) is 27.2 Å². The first-order valence-electron chi connectivity index (χ1n) is 10.6.